The molecule has 12 aromatic rings. The SMILES string of the molecule is CC1(C)c2ccccc2-c2cccc(-c3nc(-c4ccccc4)nc(-c4ccccc4-n4c5ccccc5c5c(-c6cccc7c6c6ccccc6n7-c6ccccc6)cccc54)n3)c21. The largest absolute Gasteiger partial charge is 0.309 e. The van der Waals surface area contributed by atoms with E-state index in [4.69, 9.17) is 15.0 Å². The fraction of sp³-hybridized carbons (Fsp3) is 0.0500. The molecule has 0 spiro atoms. The van der Waals surface area contributed by atoms with Gasteiger partial charge in [-0.25, -0.2) is 15.0 Å². The number of para-hydroxylation sites is 4. The van der Waals surface area contributed by atoms with Gasteiger partial charge in [-0.3, -0.25) is 0 Å². The van der Waals surface area contributed by atoms with Gasteiger partial charge in [0.15, 0.2) is 17.5 Å². The lowest BCUT2D eigenvalue weighted by Crippen LogP contribution is -2.17. The predicted molar refractivity (Wildman–Crippen MR) is 268 cm³/mol. The minimum atomic E-state index is -0.248. The van der Waals surface area contributed by atoms with E-state index in [1.54, 1.807) is 0 Å². The molecular formula is C60H41N5. The van der Waals surface area contributed by atoms with Crippen LogP contribution in [0.4, 0.5) is 0 Å². The zero-order valence-electron chi connectivity index (χ0n) is 35.9. The zero-order chi connectivity index (χ0) is 43.2. The van der Waals surface area contributed by atoms with Gasteiger partial charge >= 0.3 is 0 Å². The number of aromatic nitrogens is 5. The van der Waals surface area contributed by atoms with Crippen molar-refractivity contribution in [3.8, 4) is 67.8 Å². The summed E-state index contributed by atoms with van der Waals surface area (Å²) >= 11 is 0. The maximum Gasteiger partial charge on any atom is 0.166 e. The molecule has 3 aromatic heterocycles. The van der Waals surface area contributed by atoms with Crippen molar-refractivity contribution in [3.63, 3.8) is 0 Å². The molecule has 306 valence electrons. The fourth-order valence-electron chi connectivity index (χ4n) is 10.8. The van der Waals surface area contributed by atoms with Crippen LogP contribution in [0.2, 0.25) is 0 Å². The van der Waals surface area contributed by atoms with Crippen molar-refractivity contribution < 1.29 is 0 Å². The van der Waals surface area contributed by atoms with Crippen LogP contribution in [0.1, 0.15) is 25.0 Å². The molecule has 5 nitrogen and oxygen atoms in total. The molecule has 0 unspecified atom stereocenters. The third kappa shape index (κ3) is 5.55. The maximum atomic E-state index is 5.45. The summed E-state index contributed by atoms with van der Waals surface area (Å²) in [7, 11) is 0. The van der Waals surface area contributed by atoms with Crippen LogP contribution in [0, 0.1) is 0 Å². The highest BCUT2D eigenvalue weighted by atomic mass is 15.1. The first-order chi connectivity index (χ1) is 32.0. The Kier molecular flexibility index (Phi) is 8.18. The highest BCUT2D eigenvalue weighted by molar-refractivity contribution is 6.22. The maximum absolute atomic E-state index is 5.45. The van der Waals surface area contributed by atoms with Crippen LogP contribution >= 0.6 is 0 Å². The van der Waals surface area contributed by atoms with Crippen LogP contribution in [0.15, 0.2) is 212 Å². The van der Waals surface area contributed by atoms with Gasteiger partial charge in [0, 0.05) is 49.3 Å². The molecule has 0 aliphatic heterocycles. The minimum Gasteiger partial charge on any atom is -0.309 e. The molecule has 0 atom stereocenters. The lowest BCUT2D eigenvalue weighted by molar-refractivity contribution is 0.661. The van der Waals surface area contributed by atoms with Crippen molar-refractivity contribution in [1.82, 2.24) is 24.1 Å². The van der Waals surface area contributed by atoms with Crippen molar-refractivity contribution in [3.05, 3.63) is 223 Å². The molecule has 0 radical (unpaired) electrons. The smallest absolute Gasteiger partial charge is 0.166 e. The van der Waals surface area contributed by atoms with Crippen molar-refractivity contribution in [2.24, 2.45) is 0 Å². The standard InChI is InChI=1S/C60H41N5/c1-60(2)48-32-13-9-24-40(48)43-30-17-31-47(56(43)60)59-62-57(38-20-5-3-6-21-38)61-58(63-59)46-27-12-16-35-51(46)65-50-34-15-11-26-45(50)55-42(29-19-37-53(55)65)41-28-18-36-52-54(41)44-25-10-14-33-49(44)64(52)39-22-7-4-8-23-39/h3-37H,1-2H3. The van der Waals surface area contributed by atoms with Crippen molar-refractivity contribution >= 4 is 43.6 Å². The normalized spacial score (nSPS) is 12.9. The van der Waals surface area contributed by atoms with Crippen molar-refractivity contribution in [1.29, 1.82) is 0 Å². The van der Waals surface area contributed by atoms with Gasteiger partial charge in [0.1, 0.15) is 0 Å². The van der Waals surface area contributed by atoms with E-state index >= 15 is 0 Å². The van der Waals surface area contributed by atoms with Crippen LogP contribution < -0.4 is 0 Å². The predicted octanol–water partition coefficient (Wildman–Crippen LogP) is 15.0. The van der Waals surface area contributed by atoms with Gasteiger partial charge in [0.25, 0.3) is 0 Å². The summed E-state index contributed by atoms with van der Waals surface area (Å²) in [6, 6.07) is 75.9. The van der Waals surface area contributed by atoms with Crippen LogP contribution in [0.5, 0.6) is 0 Å². The molecule has 1 aliphatic carbocycles. The Labute approximate surface area is 376 Å². The first kappa shape index (κ1) is 37.2. The number of fused-ring (bicyclic) bond motifs is 9. The van der Waals surface area contributed by atoms with E-state index in [9.17, 15) is 0 Å². The first-order valence-electron chi connectivity index (χ1n) is 22.3. The van der Waals surface area contributed by atoms with E-state index in [0.717, 1.165) is 39.1 Å². The molecule has 65 heavy (non-hydrogen) atoms. The molecule has 0 saturated heterocycles. The van der Waals surface area contributed by atoms with E-state index < -0.39 is 0 Å². The Balaban J connectivity index is 1.05. The second-order valence-corrected chi connectivity index (χ2v) is 17.5. The Morgan fingerprint density at radius 1 is 0.338 bits per heavy atom. The van der Waals surface area contributed by atoms with Gasteiger partial charge in [-0.1, -0.05) is 178 Å². The third-order valence-electron chi connectivity index (χ3n) is 13.6. The highest BCUT2D eigenvalue weighted by Crippen LogP contribution is 2.52. The van der Waals surface area contributed by atoms with Gasteiger partial charge in [-0.2, -0.15) is 0 Å². The summed E-state index contributed by atoms with van der Waals surface area (Å²) < 4.78 is 4.80. The van der Waals surface area contributed by atoms with E-state index in [2.05, 4.69) is 217 Å². The minimum absolute atomic E-state index is 0.248. The Hall–Kier alpha value is -8.41. The molecule has 0 saturated carbocycles. The van der Waals surface area contributed by atoms with Gasteiger partial charge in [0.05, 0.1) is 27.8 Å². The molecular weight excluding hydrogens is 791 g/mol. The van der Waals surface area contributed by atoms with Crippen molar-refractivity contribution in [2.75, 3.05) is 0 Å². The highest BCUT2D eigenvalue weighted by Gasteiger charge is 2.38. The Bertz CT molecular complexity index is 3860. The molecule has 0 N–H and O–H groups in total. The number of hydrogen-bond donors (Lipinski definition) is 0. The first-order valence-corrected chi connectivity index (χ1v) is 22.3. The monoisotopic (exact) mass is 831 g/mol. The van der Waals surface area contributed by atoms with Crippen LogP contribution in [0.3, 0.4) is 0 Å². The average molecular weight is 832 g/mol. The van der Waals surface area contributed by atoms with Crippen LogP contribution in [-0.4, -0.2) is 24.1 Å². The van der Waals surface area contributed by atoms with E-state index in [-0.39, 0.29) is 5.41 Å². The Morgan fingerprint density at radius 2 is 0.800 bits per heavy atom. The average Bonchev–Trinajstić information content (AvgIpc) is 3.97. The van der Waals surface area contributed by atoms with Gasteiger partial charge in [0.2, 0.25) is 0 Å². The molecule has 13 rings (SSSR count). The lowest BCUT2D eigenvalue weighted by atomic mass is 9.80. The molecule has 0 fully saturated rings. The lowest BCUT2D eigenvalue weighted by Gasteiger charge is -2.24. The summed E-state index contributed by atoms with van der Waals surface area (Å²) in [5.41, 5.74) is 16.8. The second kappa shape index (κ2) is 14.3. The summed E-state index contributed by atoms with van der Waals surface area (Å²) in [4.78, 5) is 16.1. The molecule has 9 aromatic carbocycles. The van der Waals surface area contributed by atoms with E-state index in [0.29, 0.717) is 17.5 Å². The Morgan fingerprint density at radius 3 is 1.51 bits per heavy atom. The quantitative estimate of drug-likeness (QED) is 0.168. The summed E-state index contributed by atoms with van der Waals surface area (Å²) in [5, 5.41) is 4.84. The number of benzene rings is 9. The summed E-state index contributed by atoms with van der Waals surface area (Å²) in [6.07, 6.45) is 0. The van der Waals surface area contributed by atoms with Crippen LogP contribution in [0.25, 0.3) is 111 Å². The third-order valence-corrected chi connectivity index (χ3v) is 13.6. The zero-order valence-corrected chi connectivity index (χ0v) is 35.9. The van der Waals surface area contributed by atoms with E-state index in [1.807, 2.05) is 18.2 Å². The molecule has 5 heteroatoms. The molecule has 0 amide bonds. The second-order valence-electron chi connectivity index (χ2n) is 17.5. The van der Waals surface area contributed by atoms with Gasteiger partial charge in [-0.15, -0.1) is 0 Å². The van der Waals surface area contributed by atoms with Gasteiger partial charge < -0.3 is 9.13 Å². The van der Waals surface area contributed by atoms with Crippen LogP contribution in [-0.2, 0) is 5.41 Å². The molecule has 1 aliphatic rings. The summed E-state index contributed by atoms with van der Waals surface area (Å²) in [6.45, 7) is 4.63. The van der Waals surface area contributed by atoms with Crippen molar-refractivity contribution in [2.45, 2.75) is 19.3 Å². The number of nitrogens with zero attached hydrogens (tertiary/aromatic N) is 5. The number of hydrogen-bond acceptors (Lipinski definition) is 3. The topological polar surface area (TPSA) is 48.5 Å². The van der Waals surface area contributed by atoms with Gasteiger partial charge in [-0.05, 0) is 81.9 Å². The molecule has 0 bridgehead atoms. The molecule has 3 heterocycles. The summed E-state index contributed by atoms with van der Waals surface area (Å²) in [5.74, 6) is 1.92. The number of rotatable bonds is 6. The van der Waals surface area contributed by atoms with E-state index in [1.165, 1.54) is 66.0 Å². The fourth-order valence-corrected chi connectivity index (χ4v) is 10.8.